The van der Waals surface area contributed by atoms with E-state index in [-0.39, 0.29) is 17.9 Å². The lowest BCUT2D eigenvalue weighted by atomic mass is 10.0. The summed E-state index contributed by atoms with van der Waals surface area (Å²) in [5, 5.41) is 5.26. The summed E-state index contributed by atoms with van der Waals surface area (Å²) in [7, 11) is 0. The van der Waals surface area contributed by atoms with Crippen molar-refractivity contribution in [2.24, 2.45) is 0 Å². The molecule has 0 aliphatic carbocycles. The molecular weight excluding hydrogens is 336 g/mol. The van der Waals surface area contributed by atoms with Crippen LogP contribution in [0.25, 0.3) is 10.8 Å². The molecule has 1 heterocycles. The van der Waals surface area contributed by atoms with E-state index in [0.717, 1.165) is 27.6 Å². The molecule has 0 radical (unpaired) electrons. The van der Waals surface area contributed by atoms with Gasteiger partial charge in [0.1, 0.15) is 0 Å². The molecule has 136 valence electrons. The zero-order valence-corrected chi connectivity index (χ0v) is 15.3. The van der Waals surface area contributed by atoms with Crippen LogP contribution < -0.4 is 10.2 Å². The van der Waals surface area contributed by atoms with Crippen molar-refractivity contribution in [1.29, 1.82) is 0 Å². The van der Waals surface area contributed by atoms with Gasteiger partial charge in [-0.2, -0.15) is 0 Å². The summed E-state index contributed by atoms with van der Waals surface area (Å²) < 4.78 is 0. The van der Waals surface area contributed by atoms with Gasteiger partial charge in [-0.05, 0) is 35.4 Å². The van der Waals surface area contributed by atoms with E-state index in [0.29, 0.717) is 19.4 Å². The van der Waals surface area contributed by atoms with Gasteiger partial charge in [-0.15, -0.1) is 0 Å². The average Bonchev–Trinajstić information content (AvgIpc) is 3.02. The molecular formula is C23H22N2O2. The largest absolute Gasteiger partial charge is 0.351 e. The van der Waals surface area contributed by atoms with E-state index in [9.17, 15) is 9.59 Å². The third-order valence-electron chi connectivity index (χ3n) is 5.07. The number of nitrogens with zero attached hydrogens (tertiary/aromatic N) is 1. The normalized spacial score (nSPS) is 16.7. The maximum absolute atomic E-state index is 12.6. The van der Waals surface area contributed by atoms with Gasteiger partial charge in [0.15, 0.2) is 0 Å². The number of anilines is 1. The lowest BCUT2D eigenvalue weighted by molar-refractivity contribution is -0.121. The predicted octanol–water partition coefficient (Wildman–Crippen LogP) is 3.61. The molecule has 0 bridgehead atoms. The second kappa shape index (κ2) is 7.23. The molecule has 0 aromatic heterocycles. The van der Waals surface area contributed by atoms with Crippen molar-refractivity contribution in [2.75, 3.05) is 11.4 Å². The molecule has 4 nitrogen and oxygen atoms in total. The number of rotatable bonds is 4. The Morgan fingerprint density at radius 1 is 1.04 bits per heavy atom. The third-order valence-corrected chi connectivity index (χ3v) is 5.07. The maximum Gasteiger partial charge on any atom is 0.229 e. The Bertz CT molecular complexity index is 989. The molecule has 1 atom stereocenters. The molecule has 3 aromatic carbocycles. The Kier molecular flexibility index (Phi) is 4.63. The van der Waals surface area contributed by atoms with Gasteiger partial charge in [-0.25, -0.2) is 0 Å². The monoisotopic (exact) mass is 358 g/mol. The third kappa shape index (κ3) is 3.70. The number of fused-ring (bicyclic) bond motifs is 1. The molecule has 1 N–H and O–H groups in total. The maximum atomic E-state index is 12.6. The van der Waals surface area contributed by atoms with Crippen LogP contribution in [0.1, 0.15) is 17.5 Å². The molecule has 27 heavy (non-hydrogen) atoms. The van der Waals surface area contributed by atoms with E-state index in [4.69, 9.17) is 0 Å². The van der Waals surface area contributed by atoms with E-state index in [1.807, 2.05) is 73.7 Å². The molecule has 1 fully saturated rings. The highest BCUT2D eigenvalue weighted by Crippen LogP contribution is 2.23. The van der Waals surface area contributed by atoms with Crippen LogP contribution in [0.4, 0.5) is 5.69 Å². The number of nitrogens with one attached hydrogen (secondary N) is 1. The summed E-state index contributed by atoms with van der Waals surface area (Å²) in [4.78, 5) is 26.7. The van der Waals surface area contributed by atoms with Gasteiger partial charge in [0.05, 0.1) is 12.5 Å². The van der Waals surface area contributed by atoms with Crippen molar-refractivity contribution >= 4 is 28.3 Å². The highest BCUT2D eigenvalue weighted by Gasteiger charge is 2.31. The highest BCUT2D eigenvalue weighted by atomic mass is 16.2. The average molecular weight is 358 g/mol. The number of carbonyl (C=O) groups excluding carboxylic acids is 2. The van der Waals surface area contributed by atoms with E-state index in [1.54, 1.807) is 4.90 Å². The lowest BCUT2D eigenvalue weighted by Crippen LogP contribution is -2.38. The van der Waals surface area contributed by atoms with Crippen LogP contribution >= 0.6 is 0 Å². The minimum Gasteiger partial charge on any atom is -0.351 e. The predicted molar refractivity (Wildman–Crippen MR) is 108 cm³/mol. The Hall–Kier alpha value is -3.14. The Balaban J connectivity index is 1.43. The quantitative estimate of drug-likeness (QED) is 0.774. The van der Waals surface area contributed by atoms with E-state index >= 15 is 0 Å². The molecule has 3 aromatic rings. The van der Waals surface area contributed by atoms with Crippen LogP contribution in [0.5, 0.6) is 0 Å². The Labute approximate surface area is 158 Å². The van der Waals surface area contributed by atoms with Crippen LogP contribution in [0.15, 0.2) is 66.7 Å². The topological polar surface area (TPSA) is 49.4 Å². The molecule has 4 heteroatoms. The molecule has 0 spiro atoms. The van der Waals surface area contributed by atoms with Gasteiger partial charge >= 0.3 is 0 Å². The van der Waals surface area contributed by atoms with E-state index < -0.39 is 0 Å². The number of hydrogen-bond donors (Lipinski definition) is 1. The fourth-order valence-corrected chi connectivity index (χ4v) is 3.68. The lowest BCUT2D eigenvalue weighted by Gasteiger charge is -2.17. The van der Waals surface area contributed by atoms with Crippen LogP contribution in [0, 0.1) is 6.92 Å². The number of hydrogen-bond acceptors (Lipinski definition) is 2. The van der Waals surface area contributed by atoms with Crippen molar-refractivity contribution in [1.82, 2.24) is 5.32 Å². The SMILES string of the molecule is Cc1ccc(N2CC(NC(=O)Cc3cccc4ccccc34)CC2=O)cc1. The van der Waals surface area contributed by atoms with Crippen LogP contribution in [-0.2, 0) is 16.0 Å². The summed E-state index contributed by atoms with van der Waals surface area (Å²) in [6, 6.07) is 21.8. The molecule has 1 unspecified atom stereocenters. The zero-order chi connectivity index (χ0) is 18.8. The fraction of sp³-hybridized carbons (Fsp3) is 0.217. The Morgan fingerprint density at radius 2 is 1.78 bits per heavy atom. The minimum absolute atomic E-state index is 0.0464. The first kappa shape index (κ1) is 17.3. The highest BCUT2D eigenvalue weighted by molar-refractivity contribution is 5.97. The molecule has 0 saturated carbocycles. The first-order valence-corrected chi connectivity index (χ1v) is 9.23. The molecule has 2 amide bonds. The van der Waals surface area contributed by atoms with Crippen molar-refractivity contribution in [2.45, 2.75) is 25.8 Å². The fourth-order valence-electron chi connectivity index (χ4n) is 3.68. The van der Waals surface area contributed by atoms with E-state index in [1.165, 1.54) is 0 Å². The molecule has 1 aliphatic heterocycles. The summed E-state index contributed by atoms with van der Waals surface area (Å²) in [5.41, 5.74) is 3.05. The van der Waals surface area contributed by atoms with Gasteiger partial charge in [0, 0.05) is 18.7 Å². The van der Waals surface area contributed by atoms with Gasteiger partial charge in [-0.1, -0.05) is 60.2 Å². The van der Waals surface area contributed by atoms with Crippen molar-refractivity contribution < 1.29 is 9.59 Å². The number of benzene rings is 3. The standard InChI is InChI=1S/C23H22N2O2/c1-16-9-11-20(12-10-16)25-15-19(14-23(25)27)24-22(26)13-18-7-4-6-17-5-2-3-8-21(17)18/h2-12,19H,13-15H2,1H3,(H,24,26). The second-order valence-electron chi connectivity index (χ2n) is 7.12. The smallest absolute Gasteiger partial charge is 0.229 e. The summed E-state index contributed by atoms with van der Waals surface area (Å²) in [6.07, 6.45) is 0.658. The van der Waals surface area contributed by atoms with Crippen molar-refractivity contribution in [3.63, 3.8) is 0 Å². The van der Waals surface area contributed by atoms with Crippen molar-refractivity contribution in [3.05, 3.63) is 77.9 Å². The van der Waals surface area contributed by atoms with Gasteiger partial charge in [0.25, 0.3) is 0 Å². The second-order valence-corrected chi connectivity index (χ2v) is 7.12. The van der Waals surface area contributed by atoms with Gasteiger partial charge < -0.3 is 10.2 Å². The summed E-state index contributed by atoms with van der Waals surface area (Å²) in [6.45, 7) is 2.54. The van der Waals surface area contributed by atoms with Crippen LogP contribution in [0.2, 0.25) is 0 Å². The van der Waals surface area contributed by atoms with Gasteiger partial charge in [-0.3, -0.25) is 9.59 Å². The number of aryl methyl sites for hydroxylation is 1. The number of carbonyl (C=O) groups is 2. The van der Waals surface area contributed by atoms with Crippen LogP contribution in [0.3, 0.4) is 0 Å². The molecule has 1 saturated heterocycles. The zero-order valence-electron chi connectivity index (χ0n) is 15.3. The summed E-state index contributed by atoms with van der Waals surface area (Å²) >= 11 is 0. The van der Waals surface area contributed by atoms with Crippen LogP contribution in [-0.4, -0.2) is 24.4 Å². The van der Waals surface area contributed by atoms with E-state index in [2.05, 4.69) is 5.32 Å². The molecule has 1 aliphatic rings. The van der Waals surface area contributed by atoms with Crippen molar-refractivity contribution in [3.8, 4) is 0 Å². The first-order chi connectivity index (χ1) is 13.1. The van der Waals surface area contributed by atoms with Gasteiger partial charge in [0.2, 0.25) is 11.8 Å². The Morgan fingerprint density at radius 3 is 2.59 bits per heavy atom. The molecule has 4 rings (SSSR count). The number of amides is 2. The minimum atomic E-state index is -0.152. The first-order valence-electron chi connectivity index (χ1n) is 9.23. The summed E-state index contributed by atoms with van der Waals surface area (Å²) in [5.74, 6) is 0.00391.